The molecule has 0 fully saturated rings. The molecule has 0 spiro atoms. The molecule has 2 rings (SSSR count). The van der Waals surface area contributed by atoms with Crippen LogP contribution < -0.4 is 10.5 Å². The predicted molar refractivity (Wildman–Crippen MR) is 87.8 cm³/mol. The van der Waals surface area contributed by atoms with Crippen molar-refractivity contribution < 1.29 is 22.0 Å². The van der Waals surface area contributed by atoms with Crippen molar-refractivity contribution in [2.45, 2.75) is 17.9 Å². The Labute approximate surface area is 146 Å². The minimum Gasteiger partial charge on any atom is -0.345 e. The number of sulfonamides is 1. The lowest BCUT2D eigenvalue weighted by Gasteiger charge is -2.15. The van der Waals surface area contributed by atoms with Crippen molar-refractivity contribution in [1.29, 1.82) is 0 Å². The van der Waals surface area contributed by atoms with E-state index >= 15 is 0 Å². The number of rotatable bonds is 4. The standard InChI is InChI=1S/C15H13BrF2N2O3S/c1-8(9-2-5-13(17)14(18)6-9)20-15(21)11-7-10(24(19,22)23)3-4-12(11)16/h2-8H,1H3,(H,20,21)(H2,19,22,23). The number of carbonyl (C=O) groups excluding carboxylic acids is 1. The summed E-state index contributed by atoms with van der Waals surface area (Å²) < 4.78 is 49.4. The van der Waals surface area contributed by atoms with Gasteiger partial charge in [-0.15, -0.1) is 0 Å². The van der Waals surface area contributed by atoms with Gasteiger partial charge in [0.2, 0.25) is 10.0 Å². The van der Waals surface area contributed by atoms with E-state index in [-0.39, 0.29) is 10.5 Å². The zero-order valence-corrected chi connectivity index (χ0v) is 14.8. The van der Waals surface area contributed by atoms with Gasteiger partial charge in [-0.3, -0.25) is 4.79 Å². The molecule has 0 saturated carbocycles. The molecule has 1 amide bonds. The Kier molecular flexibility index (Phi) is 5.36. The van der Waals surface area contributed by atoms with Gasteiger partial charge in [0, 0.05) is 4.47 Å². The van der Waals surface area contributed by atoms with Gasteiger partial charge in [0.1, 0.15) is 0 Å². The molecule has 5 nitrogen and oxygen atoms in total. The van der Waals surface area contributed by atoms with Crippen LogP contribution in [0.5, 0.6) is 0 Å². The molecule has 0 radical (unpaired) electrons. The van der Waals surface area contributed by atoms with Gasteiger partial charge in [0.25, 0.3) is 5.91 Å². The summed E-state index contributed by atoms with van der Waals surface area (Å²) in [5.74, 6) is -2.60. The first-order valence-corrected chi connectivity index (χ1v) is 9.01. The summed E-state index contributed by atoms with van der Waals surface area (Å²) in [7, 11) is -3.96. The quantitative estimate of drug-likeness (QED) is 0.799. The molecule has 2 aromatic carbocycles. The Balaban J connectivity index is 2.27. The smallest absolute Gasteiger partial charge is 0.252 e. The number of amides is 1. The van der Waals surface area contributed by atoms with Gasteiger partial charge in [-0.2, -0.15) is 0 Å². The van der Waals surface area contributed by atoms with E-state index in [9.17, 15) is 22.0 Å². The molecule has 0 aliphatic heterocycles. The maximum atomic E-state index is 13.3. The van der Waals surface area contributed by atoms with E-state index in [4.69, 9.17) is 5.14 Å². The molecule has 0 heterocycles. The first kappa shape index (κ1) is 18.5. The molecule has 3 N–H and O–H groups in total. The van der Waals surface area contributed by atoms with Crippen LogP contribution in [0.1, 0.15) is 28.9 Å². The zero-order valence-electron chi connectivity index (χ0n) is 12.4. The molecule has 9 heteroatoms. The number of hydrogen-bond acceptors (Lipinski definition) is 3. The summed E-state index contributed by atoms with van der Waals surface area (Å²) in [4.78, 5) is 12.1. The zero-order chi connectivity index (χ0) is 18.1. The number of nitrogens with one attached hydrogen (secondary N) is 1. The monoisotopic (exact) mass is 418 g/mol. The molecule has 0 saturated heterocycles. The minimum absolute atomic E-state index is 0.0518. The molecule has 0 aliphatic rings. The molecule has 128 valence electrons. The topological polar surface area (TPSA) is 89.3 Å². The Morgan fingerprint density at radius 2 is 1.83 bits per heavy atom. The van der Waals surface area contributed by atoms with Crippen molar-refractivity contribution in [3.63, 3.8) is 0 Å². The van der Waals surface area contributed by atoms with E-state index in [2.05, 4.69) is 21.2 Å². The van der Waals surface area contributed by atoms with E-state index in [1.165, 1.54) is 18.2 Å². The van der Waals surface area contributed by atoms with Gasteiger partial charge in [-0.25, -0.2) is 22.3 Å². The van der Waals surface area contributed by atoms with Gasteiger partial charge < -0.3 is 5.32 Å². The van der Waals surface area contributed by atoms with Crippen LogP contribution in [0.3, 0.4) is 0 Å². The maximum Gasteiger partial charge on any atom is 0.252 e. The van der Waals surface area contributed by atoms with Gasteiger partial charge in [-0.1, -0.05) is 6.07 Å². The number of halogens is 3. The molecule has 0 bridgehead atoms. The fourth-order valence-electron chi connectivity index (χ4n) is 1.99. The van der Waals surface area contributed by atoms with E-state index in [0.29, 0.717) is 10.0 Å². The van der Waals surface area contributed by atoms with E-state index < -0.39 is 33.6 Å². The van der Waals surface area contributed by atoms with Crippen LogP contribution in [0.4, 0.5) is 8.78 Å². The Morgan fingerprint density at radius 3 is 2.42 bits per heavy atom. The van der Waals surface area contributed by atoms with Gasteiger partial charge in [-0.05, 0) is 58.7 Å². The van der Waals surface area contributed by atoms with Crippen LogP contribution in [0.15, 0.2) is 45.8 Å². The molecule has 24 heavy (non-hydrogen) atoms. The highest BCUT2D eigenvalue weighted by atomic mass is 79.9. The van der Waals surface area contributed by atoms with Crippen molar-refractivity contribution in [3.05, 3.63) is 63.6 Å². The average Bonchev–Trinajstić information content (AvgIpc) is 2.49. The van der Waals surface area contributed by atoms with Crippen molar-refractivity contribution in [3.8, 4) is 0 Å². The van der Waals surface area contributed by atoms with Gasteiger partial charge >= 0.3 is 0 Å². The van der Waals surface area contributed by atoms with Crippen LogP contribution in [-0.2, 0) is 10.0 Å². The van der Waals surface area contributed by atoms with Gasteiger partial charge in [0.05, 0.1) is 16.5 Å². The second-order valence-corrected chi connectivity index (χ2v) is 7.47. The Bertz CT molecular complexity index is 904. The normalized spacial score (nSPS) is 12.7. The van der Waals surface area contributed by atoms with E-state index in [0.717, 1.165) is 18.2 Å². The third-order valence-electron chi connectivity index (χ3n) is 3.30. The van der Waals surface area contributed by atoms with E-state index in [1.807, 2.05) is 0 Å². The summed E-state index contributed by atoms with van der Waals surface area (Å²) >= 11 is 3.16. The SMILES string of the molecule is CC(NC(=O)c1cc(S(N)(=O)=O)ccc1Br)c1ccc(F)c(F)c1. The first-order chi connectivity index (χ1) is 11.1. The molecule has 0 aromatic heterocycles. The fourth-order valence-corrected chi connectivity index (χ4v) is 2.96. The summed E-state index contributed by atoms with van der Waals surface area (Å²) in [6, 6.07) is 6.44. The summed E-state index contributed by atoms with van der Waals surface area (Å²) in [6.45, 7) is 1.59. The highest BCUT2D eigenvalue weighted by Gasteiger charge is 2.18. The highest BCUT2D eigenvalue weighted by Crippen LogP contribution is 2.22. The molecule has 1 atom stereocenters. The fraction of sp³-hybridized carbons (Fsp3) is 0.133. The van der Waals surface area contributed by atoms with Crippen LogP contribution in [0.25, 0.3) is 0 Å². The number of primary sulfonamides is 1. The van der Waals surface area contributed by atoms with Gasteiger partial charge in [0.15, 0.2) is 11.6 Å². The summed E-state index contributed by atoms with van der Waals surface area (Å²) in [5, 5.41) is 7.63. The molecular weight excluding hydrogens is 406 g/mol. The molecule has 1 unspecified atom stereocenters. The molecular formula is C15H13BrF2N2O3S. The first-order valence-electron chi connectivity index (χ1n) is 6.67. The largest absolute Gasteiger partial charge is 0.345 e. The van der Waals surface area contributed by atoms with Crippen LogP contribution in [0, 0.1) is 11.6 Å². The van der Waals surface area contributed by atoms with Crippen molar-refractivity contribution >= 4 is 31.9 Å². The third kappa shape index (κ3) is 4.16. The highest BCUT2D eigenvalue weighted by molar-refractivity contribution is 9.10. The minimum atomic E-state index is -3.96. The molecule has 2 aromatic rings. The maximum absolute atomic E-state index is 13.3. The number of benzene rings is 2. The average molecular weight is 419 g/mol. The summed E-state index contributed by atoms with van der Waals surface area (Å²) in [5.41, 5.74) is 0.414. The van der Waals surface area contributed by atoms with Crippen LogP contribution in [-0.4, -0.2) is 14.3 Å². The number of hydrogen-bond donors (Lipinski definition) is 2. The lowest BCUT2D eigenvalue weighted by molar-refractivity contribution is 0.0939. The second kappa shape index (κ2) is 6.96. The van der Waals surface area contributed by atoms with Crippen molar-refractivity contribution in [2.24, 2.45) is 5.14 Å². The second-order valence-electron chi connectivity index (χ2n) is 5.06. The van der Waals surface area contributed by atoms with Crippen molar-refractivity contribution in [1.82, 2.24) is 5.32 Å². The number of carbonyl (C=O) groups is 1. The third-order valence-corrected chi connectivity index (χ3v) is 4.90. The Hall–Kier alpha value is -1.84. The van der Waals surface area contributed by atoms with Crippen LogP contribution >= 0.6 is 15.9 Å². The van der Waals surface area contributed by atoms with Crippen LogP contribution in [0.2, 0.25) is 0 Å². The summed E-state index contributed by atoms with van der Waals surface area (Å²) in [6.07, 6.45) is 0. The Morgan fingerprint density at radius 1 is 1.17 bits per heavy atom. The lowest BCUT2D eigenvalue weighted by Crippen LogP contribution is -2.27. The molecule has 0 aliphatic carbocycles. The van der Waals surface area contributed by atoms with Crippen molar-refractivity contribution in [2.75, 3.05) is 0 Å². The predicted octanol–water partition coefficient (Wildman–Crippen LogP) is 2.87. The number of nitrogens with two attached hydrogens (primary N) is 1. The van der Waals surface area contributed by atoms with E-state index in [1.54, 1.807) is 6.92 Å². The lowest BCUT2D eigenvalue weighted by atomic mass is 10.1.